The number of thioether (sulfide) groups is 1. The highest BCUT2D eigenvalue weighted by Crippen LogP contribution is 2.24. The Hall–Kier alpha value is -0.710. The average Bonchev–Trinajstić information content (AvgIpc) is 2.89. The van der Waals surface area contributed by atoms with Crippen molar-refractivity contribution >= 4 is 29.3 Å². The van der Waals surface area contributed by atoms with Gasteiger partial charge in [-0.1, -0.05) is 24.4 Å². The van der Waals surface area contributed by atoms with E-state index in [1.54, 1.807) is 23.9 Å². The van der Waals surface area contributed by atoms with Crippen LogP contribution >= 0.6 is 23.4 Å². The molecule has 1 aromatic rings. The lowest BCUT2D eigenvalue weighted by Gasteiger charge is -2.12. The summed E-state index contributed by atoms with van der Waals surface area (Å²) in [5.74, 6) is -0.275. The van der Waals surface area contributed by atoms with Crippen molar-refractivity contribution in [2.45, 2.75) is 36.7 Å². The van der Waals surface area contributed by atoms with Gasteiger partial charge in [0.05, 0.1) is 16.7 Å². The van der Waals surface area contributed by atoms with Gasteiger partial charge in [0.25, 0.3) is 5.91 Å². The van der Waals surface area contributed by atoms with Gasteiger partial charge in [0.15, 0.2) is 0 Å². The van der Waals surface area contributed by atoms with E-state index in [9.17, 15) is 4.79 Å². The molecule has 0 atom stereocenters. The molecule has 1 aromatic carbocycles. The van der Waals surface area contributed by atoms with Gasteiger partial charge in [-0.05, 0) is 37.3 Å². The molecule has 0 aromatic heterocycles. The Morgan fingerprint density at radius 3 is 2.83 bits per heavy atom. The molecule has 0 aliphatic heterocycles. The predicted molar refractivity (Wildman–Crippen MR) is 74.0 cm³/mol. The van der Waals surface area contributed by atoms with Gasteiger partial charge in [0.2, 0.25) is 0 Å². The Balaban J connectivity index is 1.98. The first-order chi connectivity index (χ1) is 8.70. The highest BCUT2D eigenvalue weighted by atomic mass is 35.5. The zero-order valence-electron chi connectivity index (χ0n) is 10.2. The summed E-state index contributed by atoms with van der Waals surface area (Å²) in [4.78, 5) is 18.3. The van der Waals surface area contributed by atoms with Crippen molar-refractivity contribution in [3.8, 4) is 0 Å². The fraction of sp³-hybridized carbons (Fsp3) is 0.462. The second kappa shape index (κ2) is 6.45. The zero-order valence-corrected chi connectivity index (χ0v) is 11.8. The number of carbonyl (C=O) groups is 1. The molecule has 0 saturated heterocycles. The minimum atomic E-state index is -0.275. The van der Waals surface area contributed by atoms with Crippen LogP contribution in [0, 0.1) is 0 Å². The van der Waals surface area contributed by atoms with E-state index < -0.39 is 0 Å². The molecule has 1 amide bonds. The highest BCUT2D eigenvalue weighted by molar-refractivity contribution is 7.98. The van der Waals surface area contributed by atoms with Crippen molar-refractivity contribution in [1.29, 1.82) is 0 Å². The molecule has 5 heteroatoms. The van der Waals surface area contributed by atoms with Crippen LogP contribution < -0.4 is 5.48 Å². The smallest absolute Gasteiger partial charge is 0.270 e. The molecular formula is C13H16ClNO2S. The number of hydrogen-bond acceptors (Lipinski definition) is 3. The van der Waals surface area contributed by atoms with E-state index in [1.807, 2.05) is 12.3 Å². The highest BCUT2D eigenvalue weighted by Gasteiger charge is 2.18. The van der Waals surface area contributed by atoms with Crippen LogP contribution in [-0.2, 0) is 4.84 Å². The summed E-state index contributed by atoms with van der Waals surface area (Å²) in [6.07, 6.45) is 6.47. The maximum absolute atomic E-state index is 12.0. The standard InChI is InChI=1S/C13H16ClNO2S/c1-18-10-6-7-12(14)11(8-10)13(16)15-17-9-4-2-3-5-9/h6-9H,2-5H2,1H3,(H,15,16). The lowest BCUT2D eigenvalue weighted by Crippen LogP contribution is -2.28. The molecule has 0 heterocycles. The van der Waals surface area contributed by atoms with Crippen molar-refractivity contribution < 1.29 is 9.63 Å². The number of carbonyl (C=O) groups excluding carboxylic acids is 1. The van der Waals surface area contributed by atoms with Crippen LogP contribution in [0.2, 0.25) is 5.02 Å². The van der Waals surface area contributed by atoms with Crippen molar-refractivity contribution in [3.05, 3.63) is 28.8 Å². The van der Waals surface area contributed by atoms with Crippen LogP contribution in [-0.4, -0.2) is 18.3 Å². The molecule has 1 saturated carbocycles. The fourth-order valence-corrected chi connectivity index (χ4v) is 2.65. The van der Waals surface area contributed by atoms with Crippen molar-refractivity contribution in [2.24, 2.45) is 0 Å². The van der Waals surface area contributed by atoms with Gasteiger partial charge < -0.3 is 0 Å². The normalized spacial score (nSPS) is 15.9. The largest absolute Gasteiger partial charge is 0.276 e. The van der Waals surface area contributed by atoms with E-state index in [1.165, 1.54) is 12.8 Å². The zero-order chi connectivity index (χ0) is 13.0. The average molecular weight is 286 g/mol. The van der Waals surface area contributed by atoms with Crippen LogP contribution in [0.1, 0.15) is 36.0 Å². The van der Waals surface area contributed by atoms with E-state index in [0.717, 1.165) is 17.7 Å². The molecule has 0 unspecified atom stereocenters. The van der Waals surface area contributed by atoms with Gasteiger partial charge >= 0.3 is 0 Å². The van der Waals surface area contributed by atoms with Gasteiger partial charge in [-0.2, -0.15) is 0 Å². The quantitative estimate of drug-likeness (QED) is 0.678. The Morgan fingerprint density at radius 1 is 1.44 bits per heavy atom. The summed E-state index contributed by atoms with van der Waals surface area (Å²) in [6.45, 7) is 0. The van der Waals surface area contributed by atoms with Crippen molar-refractivity contribution in [3.63, 3.8) is 0 Å². The molecule has 1 N–H and O–H groups in total. The molecule has 2 rings (SSSR count). The molecule has 1 aliphatic rings. The molecule has 18 heavy (non-hydrogen) atoms. The van der Waals surface area contributed by atoms with Crippen LogP contribution in [0.5, 0.6) is 0 Å². The molecule has 0 bridgehead atoms. The number of nitrogens with one attached hydrogen (secondary N) is 1. The predicted octanol–water partition coefficient (Wildman–Crippen LogP) is 3.67. The van der Waals surface area contributed by atoms with E-state index >= 15 is 0 Å². The minimum absolute atomic E-state index is 0.149. The second-order valence-corrected chi connectivity index (χ2v) is 5.59. The van der Waals surface area contributed by atoms with E-state index in [2.05, 4.69) is 5.48 Å². The van der Waals surface area contributed by atoms with Crippen molar-refractivity contribution in [1.82, 2.24) is 5.48 Å². The SMILES string of the molecule is CSc1ccc(Cl)c(C(=O)NOC2CCCC2)c1. The van der Waals surface area contributed by atoms with Gasteiger partial charge in [-0.3, -0.25) is 9.63 Å². The molecule has 0 spiro atoms. The third-order valence-corrected chi connectivity index (χ3v) is 4.09. The summed E-state index contributed by atoms with van der Waals surface area (Å²) in [5, 5.41) is 0.445. The molecule has 3 nitrogen and oxygen atoms in total. The molecule has 98 valence electrons. The Morgan fingerprint density at radius 2 is 2.17 bits per heavy atom. The first kappa shape index (κ1) is 13.7. The number of hydroxylamine groups is 1. The number of hydrogen-bond donors (Lipinski definition) is 1. The molecular weight excluding hydrogens is 270 g/mol. The Labute approximate surface area is 116 Å². The number of rotatable bonds is 4. The summed E-state index contributed by atoms with van der Waals surface area (Å²) in [5.41, 5.74) is 2.96. The van der Waals surface area contributed by atoms with Gasteiger partial charge in [0.1, 0.15) is 0 Å². The lowest BCUT2D eigenvalue weighted by atomic mass is 10.2. The first-order valence-electron chi connectivity index (χ1n) is 6.00. The Bertz CT molecular complexity index is 433. The van der Waals surface area contributed by atoms with Gasteiger partial charge in [-0.15, -0.1) is 11.8 Å². The number of amides is 1. The molecule has 0 radical (unpaired) electrons. The minimum Gasteiger partial charge on any atom is -0.270 e. The van der Waals surface area contributed by atoms with Gasteiger partial charge in [-0.25, -0.2) is 5.48 Å². The number of halogens is 1. The monoisotopic (exact) mass is 285 g/mol. The van der Waals surface area contributed by atoms with Crippen LogP contribution in [0.3, 0.4) is 0 Å². The third kappa shape index (κ3) is 3.40. The maximum atomic E-state index is 12.0. The van der Waals surface area contributed by atoms with E-state index in [4.69, 9.17) is 16.4 Å². The molecule has 1 aliphatic carbocycles. The first-order valence-corrected chi connectivity index (χ1v) is 7.60. The maximum Gasteiger partial charge on any atom is 0.276 e. The second-order valence-electron chi connectivity index (χ2n) is 4.30. The van der Waals surface area contributed by atoms with Crippen LogP contribution in [0.4, 0.5) is 0 Å². The summed E-state index contributed by atoms with van der Waals surface area (Å²) in [7, 11) is 0. The van der Waals surface area contributed by atoms with Crippen LogP contribution in [0.15, 0.2) is 23.1 Å². The lowest BCUT2D eigenvalue weighted by molar-refractivity contribution is -0.0124. The fourth-order valence-electron chi connectivity index (χ4n) is 2.00. The van der Waals surface area contributed by atoms with Crippen molar-refractivity contribution in [2.75, 3.05) is 6.26 Å². The van der Waals surface area contributed by atoms with E-state index in [-0.39, 0.29) is 12.0 Å². The van der Waals surface area contributed by atoms with E-state index in [0.29, 0.717) is 10.6 Å². The topological polar surface area (TPSA) is 38.3 Å². The third-order valence-electron chi connectivity index (χ3n) is 3.04. The number of benzene rings is 1. The summed E-state index contributed by atoms with van der Waals surface area (Å²) in [6, 6.07) is 5.40. The van der Waals surface area contributed by atoms with Crippen LogP contribution in [0.25, 0.3) is 0 Å². The Kier molecular flexibility index (Phi) is 4.92. The summed E-state index contributed by atoms with van der Waals surface area (Å²) < 4.78 is 0. The van der Waals surface area contributed by atoms with Gasteiger partial charge in [0, 0.05) is 4.90 Å². The molecule has 1 fully saturated rings. The summed E-state index contributed by atoms with van der Waals surface area (Å²) >= 11 is 7.59.